The Kier molecular flexibility index (Phi) is 6.05. The molecule has 0 saturated heterocycles. The summed E-state index contributed by atoms with van der Waals surface area (Å²) in [5.41, 5.74) is 5.84. The zero-order valence-corrected chi connectivity index (χ0v) is 18.0. The van der Waals surface area contributed by atoms with Crippen molar-refractivity contribution in [2.75, 3.05) is 0 Å². The Bertz CT molecular complexity index is 1350. The number of fused-ring (bicyclic) bond motifs is 1. The Labute approximate surface area is 189 Å². The van der Waals surface area contributed by atoms with Gasteiger partial charge in [0.1, 0.15) is 11.5 Å². The van der Waals surface area contributed by atoms with E-state index in [1.807, 2.05) is 43.3 Å². The summed E-state index contributed by atoms with van der Waals surface area (Å²) < 4.78 is 0. The second kappa shape index (κ2) is 9.08. The van der Waals surface area contributed by atoms with Crippen LogP contribution in [-0.2, 0) is 0 Å². The molecule has 0 radical (unpaired) electrons. The van der Waals surface area contributed by atoms with Gasteiger partial charge in [-0.05, 0) is 48.9 Å². The van der Waals surface area contributed by atoms with Crippen molar-refractivity contribution < 1.29 is 15.0 Å². The van der Waals surface area contributed by atoms with Crippen molar-refractivity contribution in [2.45, 2.75) is 13.3 Å². The van der Waals surface area contributed by atoms with Gasteiger partial charge in [-0.1, -0.05) is 48.9 Å². The lowest BCUT2D eigenvalue weighted by Gasteiger charge is -2.11. The van der Waals surface area contributed by atoms with E-state index in [-0.39, 0.29) is 11.5 Å². The van der Waals surface area contributed by atoms with E-state index in [1.54, 1.807) is 18.2 Å². The standard InChI is InChI=1S/C25H20ClN3O3/c1-2-21(20-13-17(30)10-11-24(20)31)28-29-25(32)19-14-23(15-6-5-7-16(26)12-15)27-22-9-4-3-8-18(19)22/h3-14,30-31H,2H2,1H3,(H,29,32)/b28-21-. The smallest absolute Gasteiger partial charge is 0.272 e. The van der Waals surface area contributed by atoms with Gasteiger partial charge >= 0.3 is 0 Å². The van der Waals surface area contributed by atoms with Crippen LogP contribution in [0.1, 0.15) is 29.3 Å². The van der Waals surface area contributed by atoms with E-state index in [2.05, 4.69) is 15.5 Å². The Morgan fingerprint density at radius 2 is 1.81 bits per heavy atom. The zero-order chi connectivity index (χ0) is 22.7. The van der Waals surface area contributed by atoms with Crippen LogP contribution in [0.5, 0.6) is 11.5 Å². The summed E-state index contributed by atoms with van der Waals surface area (Å²) in [4.78, 5) is 17.8. The fourth-order valence-corrected chi connectivity index (χ4v) is 3.61. The van der Waals surface area contributed by atoms with Crippen molar-refractivity contribution >= 4 is 34.1 Å². The number of carbonyl (C=O) groups is 1. The molecule has 0 aliphatic rings. The second-order valence-corrected chi connectivity index (χ2v) is 7.57. The largest absolute Gasteiger partial charge is 0.508 e. The van der Waals surface area contributed by atoms with Gasteiger partial charge in [-0.25, -0.2) is 10.4 Å². The van der Waals surface area contributed by atoms with Crippen LogP contribution in [0.4, 0.5) is 0 Å². The number of aromatic hydroxyl groups is 2. The fraction of sp³-hybridized carbons (Fsp3) is 0.0800. The molecule has 160 valence electrons. The van der Waals surface area contributed by atoms with Gasteiger partial charge in [-0.2, -0.15) is 5.10 Å². The highest BCUT2D eigenvalue weighted by Crippen LogP contribution is 2.27. The molecule has 6 nitrogen and oxygen atoms in total. The summed E-state index contributed by atoms with van der Waals surface area (Å²) in [5, 5.41) is 25.3. The third-order valence-corrected chi connectivity index (χ3v) is 5.23. The molecule has 7 heteroatoms. The van der Waals surface area contributed by atoms with Crippen LogP contribution in [0.3, 0.4) is 0 Å². The monoisotopic (exact) mass is 445 g/mol. The van der Waals surface area contributed by atoms with E-state index >= 15 is 0 Å². The number of hydrogen-bond acceptors (Lipinski definition) is 5. The highest BCUT2D eigenvalue weighted by atomic mass is 35.5. The molecule has 0 atom stereocenters. The summed E-state index contributed by atoms with van der Waals surface area (Å²) in [7, 11) is 0. The van der Waals surface area contributed by atoms with E-state index in [1.165, 1.54) is 18.2 Å². The molecule has 1 aromatic heterocycles. The fourth-order valence-electron chi connectivity index (χ4n) is 3.42. The van der Waals surface area contributed by atoms with Crippen LogP contribution in [0.25, 0.3) is 22.2 Å². The van der Waals surface area contributed by atoms with E-state index in [0.29, 0.717) is 44.9 Å². The lowest BCUT2D eigenvalue weighted by atomic mass is 10.0. The minimum absolute atomic E-state index is 0.00318. The maximum absolute atomic E-state index is 13.1. The minimum Gasteiger partial charge on any atom is -0.508 e. The number of nitrogens with one attached hydrogen (secondary N) is 1. The van der Waals surface area contributed by atoms with Gasteiger partial charge in [-0.15, -0.1) is 0 Å². The number of amides is 1. The van der Waals surface area contributed by atoms with Gasteiger partial charge in [0.15, 0.2) is 0 Å². The normalized spacial score (nSPS) is 11.5. The number of nitrogens with zero attached hydrogens (tertiary/aromatic N) is 2. The topological polar surface area (TPSA) is 94.8 Å². The van der Waals surface area contributed by atoms with Gasteiger partial charge in [0.25, 0.3) is 5.91 Å². The molecule has 0 unspecified atom stereocenters. The number of hydrazone groups is 1. The number of benzene rings is 3. The molecule has 1 amide bonds. The summed E-state index contributed by atoms with van der Waals surface area (Å²) in [6, 6.07) is 20.5. The molecule has 0 fully saturated rings. The van der Waals surface area contributed by atoms with Crippen LogP contribution in [0.2, 0.25) is 5.02 Å². The first-order chi connectivity index (χ1) is 15.5. The third-order valence-electron chi connectivity index (χ3n) is 5.00. The highest BCUT2D eigenvalue weighted by Gasteiger charge is 2.15. The number of rotatable bonds is 5. The number of phenols is 2. The van der Waals surface area contributed by atoms with Gasteiger partial charge in [0.05, 0.1) is 22.5 Å². The Hall–Kier alpha value is -3.90. The summed E-state index contributed by atoms with van der Waals surface area (Å²) in [6.07, 6.45) is 0.433. The molecule has 1 heterocycles. The van der Waals surface area contributed by atoms with Crippen LogP contribution >= 0.6 is 11.6 Å². The quantitative estimate of drug-likeness (QED) is 0.214. The Morgan fingerprint density at radius 3 is 2.59 bits per heavy atom. The Morgan fingerprint density at radius 1 is 1.00 bits per heavy atom. The van der Waals surface area contributed by atoms with Crippen LogP contribution in [0, 0.1) is 0 Å². The number of hydrogen-bond donors (Lipinski definition) is 3. The molecule has 0 aliphatic heterocycles. The van der Waals surface area contributed by atoms with Gasteiger partial charge in [-0.3, -0.25) is 4.79 Å². The molecule has 0 bridgehead atoms. The molecule has 3 aromatic carbocycles. The molecule has 4 aromatic rings. The van der Waals surface area contributed by atoms with E-state index in [9.17, 15) is 15.0 Å². The van der Waals surface area contributed by atoms with Crippen molar-refractivity contribution in [3.63, 3.8) is 0 Å². The predicted molar refractivity (Wildman–Crippen MR) is 126 cm³/mol. The van der Waals surface area contributed by atoms with E-state index in [4.69, 9.17) is 11.6 Å². The van der Waals surface area contributed by atoms with Gasteiger partial charge in [0, 0.05) is 21.5 Å². The summed E-state index contributed by atoms with van der Waals surface area (Å²) in [6.45, 7) is 1.84. The number of carbonyl (C=O) groups excluding carboxylic acids is 1. The summed E-state index contributed by atoms with van der Waals surface area (Å²) >= 11 is 6.13. The molecule has 0 spiro atoms. The highest BCUT2D eigenvalue weighted by molar-refractivity contribution is 6.30. The lowest BCUT2D eigenvalue weighted by Crippen LogP contribution is -2.20. The Balaban J connectivity index is 1.74. The molecule has 3 N–H and O–H groups in total. The van der Waals surface area contributed by atoms with Crippen LogP contribution < -0.4 is 5.43 Å². The number of halogens is 1. The zero-order valence-electron chi connectivity index (χ0n) is 17.2. The average molecular weight is 446 g/mol. The second-order valence-electron chi connectivity index (χ2n) is 7.14. The van der Waals surface area contributed by atoms with Crippen molar-refractivity contribution in [1.82, 2.24) is 10.4 Å². The number of phenolic OH excluding ortho intramolecular Hbond substituents is 2. The molecular formula is C25H20ClN3O3. The first-order valence-electron chi connectivity index (χ1n) is 10.0. The molecule has 0 saturated carbocycles. The van der Waals surface area contributed by atoms with Gasteiger partial charge in [0.2, 0.25) is 0 Å². The maximum atomic E-state index is 13.1. The minimum atomic E-state index is -0.419. The predicted octanol–water partition coefficient (Wildman–Crippen LogP) is 5.51. The molecule has 4 rings (SSSR count). The SMILES string of the molecule is CC/C(=N/NC(=O)c1cc(-c2cccc(Cl)c2)nc2ccccc12)c1cc(O)ccc1O. The van der Waals surface area contributed by atoms with E-state index in [0.717, 1.165) is 5.56 Å². The molecule has 0 aliphatic carbocycles. The van der Waals surface area contributed by atoms with E-state index < -0.39 is 5.91 Å². The molecular weight excluding hydrogens is 426 g/mol. The average Bonchev–Trinajstić information content (AvgIpc) is 2.80. The number of aromatic nitrogens is 1. The first kappa shape index (κ1) is 21.3. The van der Waals surface area contributed by atoms with Crippen molar-refractivity contribution in [3.8, 4) is 22.8 Å². The first-order valence-corrected chi connectivity index (χ1v) is 10.4. The maximum Gasteiger partial charge on any atom is 0.272 e. The summed E-state index contributed by atoms with van der Waals surface area (Å²) in [5.74, 6) is -0.454. The van der Waals surface area contributed by atoms with Crippen LogP contribution in [0.15, 0.2) is 77.9 Å². The van der Waals surface area contributed by atoms with Crippen LogP contribution in [-0.4, -0.2) is 26.8 Å². The third kappa shape index (κ3) is 4.40. The number of pyridine rings is 1. The van der Waals surface area contributed by atoms with Crippen molar-refractivity contribution in [2.24, 2.45) is 5.10 Å². The molecule has 32 heavy (non-hydrogen) atoms. The van der Waals surface area contributed by atoms with Gasteiger partial charge < -0.3 is 10.2 Å². The lowest BCUT2D eigenvalue weighted by molar-refractivity contribution is 0.0956. The van der Waals surface area contributed by atoms with Crippen molar-refractivity contribution in [3.05, 3.63) is 88.9 Å². The van der Waals surface area contributed by atoms with Crippen molar-refractivity contribution in [1.29, 1.82) is 0 Å². The number of para-hydroxylation sites is 1.